The van der Waals surface area contributed by atoms with Gasteiger partial charge in [0.15, 0.2) is 0 Å². The van der Waals surface area contributed by atoms with Crippen LogP contribution in [0.1, 0.15) is 32.8 Å². The summed E-state index contributed by atoms with van der Waals surface area (Å²) in [6.45, 7) is 9.09. The molecule has 0 aliphatic heterocycles. The first-order chi connectivity index (χ1) is 8.27. The molecule has 1 aromatic rings. The van der Waals surface area contributed by atoms with Crippen LogP contribution in [0.3, 0.4) is 0 Å². The molecular formula is C15H23NO. The molecule has 2 heteroatoms. The molecule has 1 aromatic carbocycles. The molecule has 1 N–H and O–H groups in total. The van der Waals surface area contributed by atoms with Gasteiger partial charge in [0.25, 0.3) is 0 Å². The summed E-state index contributed by atoms with van der Waals surface area (Å²) in [5.41, 5.74) is 2.59. The summed E-state index contributed by atoms with van der Waals surface area (Å²) in [5, 5.41) is 3.32. The molecule has 2 nitrogen and oxygen atoms in total. The van der Waals surface area contributed by atoms with Gasteiger partial charge in [-0.1, -0.05) is 25.1 Å². The van der Waals surface area contributed by atoms with Gasteiger partial charge in [-0.3, -0.25) is 0 Å². The number of ether oxygens (including phenoxy) is 1. The summed E-state index contributed by atoms with van der Waals surface area (Å²) >= 11 is 0. The molecule has 0 radical (unpaired) electrons. The molecule has 0 spiro atoms. The van der Waals surface area contributed by atoms with E-state index in [-0.39, 0.29) is 0 Å². The molecule has 0 heterocycles. The van der Waals surface area contributed by atoms with Crippen LogP contribution in [-0.2, 0) is 0 Å². The summed E-state index contributed by atoms with van der Waals surface area (Å²) < 4.78 is 5.42. The van der Waals surface area contributed by atoms with Gasteiger partial charge in [-0.05, 0) is 56.6 Å². The van der Waals surface area contributed by atoms with Crippen LogP contribution in [0.4, 0.5) is 0 Å². The number of nitrogens with one attached hydrogen (secondary N) is 1. The van der Waals surface area contributed by atoms with Crippen molar-refractivity contribution < 1.29 is 4.74 Å². The molecule has 0 aromatic heterocycles. The van der Waals surface area contributed by atoms with Crippen LogP contribution >= 0.6 is 0 Å². The van der Waals surface area contributed by atoms with Gasteiger partial charge in [0.2, 0.25) is 0 Å². The monoisotopic (exact) mass is 233 g/mol. The summed E-state index contributed by atoms with van der Waals surface area (Å²) in [6.07, 6.45) is 3.35. The molecule has 0 aliphatic rings. The lowest BCUT2D eigenvalue weighted by molar-refractivity contribution is 0.340. The Bertz CT molecular complexity index is 340. The molecule has 0 bridgehead atoms. The number of rotatable bonds is 7. The smallest absolute Gasteiger partial charge is 0.119 e. The lowest BCUT2D eigenvalue weighted by Gasteiger charge is -2.05. The van der Waals surface area contributed by atoms with Crippen molar-refractivity contribution in [1.82, 2.24) is 5.32 Å². The number of allylic oxidation sites excluding steroid dienone is 1. The van der Waals surface area contributed by atoms with Gasteiger partial charge < -0.3 is 10.1 Å². The second-order valence-corrected chi connectivity index (χ2v) is 3.99. The maximum absolute atomic E-state index is 5.42. The fourth-order valence-electron chi connectivity index (χ4n) is 1.67. The van der Waals surface area contributed by atoms with Crippen molar-refractivity contribution in [2.24, 2.45) is 0 Å². The maximum Gasteiger partial charge on any atom is 0.119 e. The average molecular weight is 233 g/mol. The normalized spacial score (nSPS) is 11.6. The molecule has 94 valence electrons. The van der Waals surface area contributed by atoms with Crippen molar-refractivity contribution >= 4 is 5.57 Å². The fourth-order valence-corrected chi connectivity index (χ4v) is 1.67. The molecule has 0 unspecified atom stereocenters. The van der Waals surface area contributed by atoms with E-state index in [1.807, 2.05) is 19.1 Å². The minimum absolute atomic E-state index is 0.719. The third-order valence-electron chi connectivity index (χ3n) is 2.64. The Morgan fingerprint density at radius 1 is 1.24 bits per heavy atom. The summed E-state index contributed by atoms with van der Waals surface area (Å²) in [7, 11) is 0. The third-order valence-corrected chi connectivity index (χ3v) is 2.64. The number of hydrogen-bond acceptors (Lipinski definition) is 2. The highest BCUT2D eigenvalue weighted by Gasteiger charge is 1.96. The summed E-state index contributed by atoms with van der Waals surface area (Å²) in [6, 6.07) is 8.29. The molecular weight excluding hydrogens is 210 g/mol. The van der Waals surface area contributed by atoms with Gasteiger partial charge in [-0.2, -0.15) is 0 Å². The third kappa shape index (κ3) is 5.05. The van der Waals surface area contributed by atoms with Crippen molar-refractivity contribution in [3.05, 3.63) is 35.9 Å². The highest BCUT2D eigenvalue weighted by Crippen LogP contribution is 2.18. The van der Waals surface area contributed by atoms with E-state index in [1.165, 1.54) is 11.1 Å². The van der Waals surface area contributed by atoms with E-state index in [0.717, 1.165) is 31.9 Å². The second kappa shape index (κ2) is 7.91. The van der Waals surface area contributed by atoms with Crippen LogP contribution in [0.15, 0.2) is 30.3 Å². The minimum atomic E-state index is 0.719. The SMILES string of the molecule is CCNCCC=C(C)c1ccc(OCC)cc1. The van der Waals surface area contributed by atoms with Gasteiger partial charge in [-0.25, -0.2) is 0 Å². The largest absolute Gasteiger partial charge is 0.494 e. The Kier molecular flexibility index (Phi) is 6.41. The standard InChI is InChI=1S/C15H23NO/c1-4-16-12-6-7-13(3)14-8-10-15(11-9-14)17-5-2/h7-11,16H,4-6,12H2,1-3H3. The van der Waals surface area contributed by atoms with E-state index in [1.54, 1.807) is 0 Å². The van der Waals surface area contributed by atoms with Crippen LogP contribution in [0, 0.1) is 0 Å². The lowest BCUT2D eigenvalue weighted by atomic mass is 10.1. The molecule has 0 fully saturated rings. The van der Waals surface area contributed by atoms with Crippen molar-refractivity contribution in [2.75, 3.05) is 19.7 Å². The zero-order valence-electron chi connectivity index (χ0n) is 11.1. The predicted octanol–water partition coefficient (Wildman–Crippen LogP) is 3.49. The first-order valence-electron chi connectivity index (χ1n) is 6.38. The first kappa shape index (κ1) is 13.8. The average Bonchev–Trinajstić information content (AvgIpc) is 2.36. The quantitative estimate of drug-likeness (QED) is 0.728. The van der Waals surface area contributed by atoms with E-state index in [9.17, 15) is 0 Å². The van der Waals surface area contributed by atoms with Crippen LogP contribution in [0.5, 0.6) is 5.75 Å². The summed E-state index contributed by atoms with van der Waals surface area (Å²) in [5.74, 6) is 0.941. The van der Waals surface area contributed by atoms with E-state index in [4.69, 9.17) is 4.74 Å². The van der Waals surface area contributed by atoms with Crippen LogP contribution in [0.25, 0.3) is 5.57 Å². The Morgan fingerprint density at radius 2 is 1.94 bits per heavy atom. The maximum atomic E-state index is 5.42. The van der Waals surface area contributed by atoms with Gasteiger partial charge in [0, 0.05) is 0 Å². The Labute approximate surface area is 105 Å². The van der Waals surface area contributed by atoms with E-state index < -0.39 is 0 Å². The predicted molar refractivity (Wildman–Crippen MR) is 74.4 cm³/mol. The molecule has 1 rings (SSSR count). The van der Waals surface area contributed by atoms with Gasteiger partial charge >= 0.3 is 0 Å². The van der Waals surface area contributed by atoms with Crippen molar-refractivity contribution in [3.8, 4) is 5.75 Å². The molecule has 0 saturated carbocycles. The molecule has 0 amide bonds. The fraction of sp³-hybridized carbons (Fsp3) is 0.467. The highest BCUT2D eigenvalue weighted by atomic mass is 16.5. The molecule has 17 heavy (non-hydrogen) atoms. The van der Waals surface area contributed by atoms with Gasteiger partial charge in [0.05, 0.1) is 6.61 Å². The lowest BCUT2D eigenvalue weighted by Crippen LogP contribution is -2.13. The topological polar surface area (TPSA) is 21.3 Å². The second-order valence-electron chi connectivity index (χ2n) is 3.99. The number of hydrogen-bond donors (Lipinski definition) is 1. The van der Waals surface area contributed by atoms with Crippen LogP contribution in [-0.4, -0.2) is 19.7 Å². The van der Waals surface area contributed by atoms with E-state index in [2.05, 4.69) is 37.4 Å². The molecule has 0 aliphatic carbocycles. The number of benzene rings is 1. The van der Waals surface area contributed by atoms with Gasteiger partial charge in [0.1, 0.15) is 5.75 Å². The van der Waals surface area contributed by atoms with Crippen LogP contribution < -0.4 is 10.1 Å². The summed E-state index contributed by atoms with van der Waals surface area (Å²) in [4.78, 5) is 0. The van der Waals surface area contributed by atoms with Crippen molar-refractivity contribution in [3.63, 3.8) is 0 Å². The van der Waals surface area contributed by atoms with Gasteiger partial charge in [-0.15, -0.1) is 0 Å². The van der Waals surface area contributed by atoms with Crippen molar-refractivity contribution in [1.29, 1.82) is 0 Å². The highest BCUT2D eigenvalue weighted by molar-refractivity contribution is 5.64. The minimum Gasteiger partial charge on any atom is -0.494 e. The van der Waals surface area contributed by atoms with Crippen LogP contribution in [0.2, 0.25) is 0 Å². The van der Waals surface area contributed by atoms with E-state index in [0.29, 0.717) is 0 Å². The Balaban J connectivity index is 2.53. The molecule has 0 atom stereocenters. The van der Waals surface area contributed by atoms with E-state index >= 15 is 0 Å². The Hall–Kier alpha value is -1.28. The van der Waals surface area contributed by atoms with Crippen molar-refractivity contribution in [2.45, 2.75) is 27.2 Å². The molecule has 0 saturated heterocycles. The zero-order chi connectivity index (χ0) is 12.5. The first-order valence-corrected chi connectivity index (χ1v) is 6.38. The zero-order valence-corrected chi connectivity index (χ0v) is 11.1. The Morgan fingerprint density at radius 3 is 2.53 bits per heavy atom.